The van der Waals surface area contributed by atoms with Gasteiger partial charge in [-0.2, -0.15) is 0 Å². The summed E-state index contributed by atoms with van der Waals surface area (Å²) in [6.45, 7) is 0. The van der Waals surface area contributed by atoms with Crippen LogP contribution in [0, 0.1) is 23.7 Å². The molecule has 0 saturated heterocycles. The zero-order valence-electron chi connectivity index (χ0n) is 6.70. The Kier molecular flexibility index (Phi) is 1.69. The Morgan fingerprint density at radius 2 is 1.73 bits per heavy atom. The van der Waals surface area contributed by atoms with E-state index in [4.69, 9.17) is 5.73 Å². The first-order valence-electron chi connectivity index (χ1n) is 4.62. The number of rotatable bonds is 0. The standard InChI is InChI=1S/C9H15N.ClH/c10-8-4-7-5-1-2-6(3-5)9(7)8;/h5-9H,1-4,10H2;1H/t5?,6?,7-,8-,9+;/m1./s1. The normalized spacial score (nSPS) is 58.1. The second-order valence-electron chi connectivity index (χ2n) is 4.47. The highest BCUT2D eigenvalue weighted by atomic mass is 35.5. The van der Waals surface area contributed by atoms with E-state index in [2.05, 4.69) is 0 Å². The summed E-state index contributed by atoms with van der Waals surface area (Å²) in [5.74, 6) is 4.21. The maximum absolute atomic E-state index is 5.95. The first-order chi connectivity index (χ1) is 4.86. The van der Waals surface area contributed by atoms with E-state index in [1.54, 1.807) is 0 Å². The van der Waals surface area contributed by atoms with Crippen LogP contribution in [-0.4, -0.2) is 6.04 Å². The molecule has 0 aromatic heterocycles. The third-order valence-corrected chi connectivity index (χ3v) is 4.20. The van der Waals surface area contributed by atoms with E-state index < -0.39 is 0 Å². The monoisotopic (exact) mass is 173 g/mol. The van der Waals surface area contributed by atoms with Gasteiger partial charge in [-0.15, -0.1) is 12.4 Å². The average molecular weight is 174 g/mol. The van der Waals surface area contributed by atoms with Crippen molar-refractivity contribution >= 4 is 12.4 Å². The lowest BCUT2D eigenvalue weighted by Gasteiger charge is -2.45. The van der Waals surface area contributed by atoms with E-state index in [1.807, 2.05) is 0 Å². The molecule has 0 radical (unpaired) electrons. The molecule has 0 aromatic carbocycles. The Hall–Kier alpha value is 0.250. The molecule has 0 aliphatic heterocycles. The van der Waals surface area contributed by atoms with Crippen LogP contribution in [0.3, 0.4) is 0 Å². The number of halogens is 1. The van der Waals surface area contributed by atoms with Gasteiger partial charge in [-0.1, -0.05) is 0 Å². The molecule has 3 fully saturated rings. The zero-order valence-corrected chi connectivity index (χ0v) is 7.52. The van der Waals surface area contributed by atoms with Crippen LogP contribution in [0.5, 0.6) is 0 Å². The van der Waals surface area contributed by atoms with Crippen molar-refractivity contribution in [3.8, 4) is 0 Å². The van der Waals surface area contributed by atoms with Crippen LogP contribution in [-0.2, 0) is 0 Å². The number of hydrogen-bond acceptors (Lipinski definition) is 1. The van der Waals surface area contributed by atoms with Crippen LogP contribution >= 0.6 is 12.4 Å². The van der Waals surface area contributed by atoms with Gasteiger partial charge in [-0.05, 0) is 49.4 Å². The lowest BCUT2D eigenvalue weighted by Crippen LogP contribution is -2.50. The summed E-state index contributed by atoms with van der Waals surface area (Å²) < 4.78 is 0. The molecular weight excluding hydrogens is 158 g/mol. The summed E-state index contributed by atoms with van der Waals surface area (Å²) in [6.07, 6.45) is 5.91. The highest BCUT2D eigenvalue weighted by Crippen LogP contribution is 2.60. The van der Waals surface area contributed by atoms with Gasteiger partial charge in [0.15, 0.2) is 0 Å². The molecule has 2 heteroatoms. The highest BCUT2D eigenvalue weighted by Gasteiger charge is 2.55. The third-order valence-electron chi connectivity index (χ3n) is 4.20. The predicted octanol–water partition coefficient (Wildman–Crippen LogP) is 1.80. The first-order valence-corrected chi connectivity index (χ1v) is 4.62. The van der Waals surface area contributed by atoms with Gasteiger partial charge in [-0.25, -0.2) is 0 Å². The van der Waals surface area contributed by atoms with Gasteiger partial charge in [-0.3, -0.25) is 0 Å². The van der Waals surface area contributed by atoms with Gasteiger partial charge in [0.1, 0.15) is 0 Å². The first kappa shape index (κ1) is 7.88. The van der Waals surface area contributed by atoms with Gasteiger partial charge in [0, 0.05) is 6.04 Å². The lowest BCUT2D eigenvalue weighted by atomic mass is 9.62. The smallest absolute Gasteiger partial charge is 0.00754 e. The summed E-state index contributed by atoms with van der Waals surface area (Å²) in [5, 5.41) is 0. The topological polar surface area (TPSA) is 26.0 Å². The SMILES string of the molecule is Cl.N[C@@H]1C[C@@H]2C3CCC(C3)[C@H]12. The fourth-order valence-corrected chi connectivity index (χ4v) is 3.75. The minimum Gasteiger partial charge on any atom is -0.327 e. The van der Waals surface area contributed by atoms with Crippen molar-refractivity contribution in [1.29, 1.82) is 0 Å². The Morgan fingerprint density at radius 3 is 2.27 bits per heavy atom. The van der Waals surface area contributed by atoms with Crippen molar-refractivity contribution in [1.82, 2.24) is 0 Å². The van der Waals surface area contributed by atoms with Crippen LogP contribution in [0.25, 0.3) is 0 Å². The molecule has 5 atom stereocenters. The van der Waals surface area contributed by atoms with E-state index in [1.165, 1.54) is 25.7 Å². The predicted molar refractivity (Wildman–Crippen MR) is 47.7 cm³/mol. The fraction of sp³-hybridized carbons (Fsp3) is 1.00. The molecule has 0 heterocycles. The molecule has 0 spiro atoms. The number of hydrogen-bond donors (Lipinski definition) is 1. The average Bonchev–Trinajstić information content (AvgIpc) is 2.40. The molecule has 3 aliphatic rings. The lowest BCUT2D eigenvalue weighted by molar-refractivity contribution is 0.0722. The zero-order chi connectivity index (χ0) is 6.72. The molecular formula is C9H16ClN. The summed E-state index contributed by atoms with van der Waals surface area (Å²) in [7, 11) is 0. The fourth-order valence-electron chi connectivity index (χ4n) is 3.75. The quantitative estimate of drug-likeness (QED) is 0.594. The maximum atomic E-state index is 5.95. The Bertz CT molecular complexity index is 169. The number of fused-ring (bicyclic) bond motifs is 5. The molecule has 3 rings (SSSR count). The molecule has 3 aliphatic carbocycles. The molecule has 0 amide bonds. The van der Waals surface area contributed by atoms with Crippen LogP contribution in [0.4, 0.5) is 0 Å². The highest BCUT2D eigenvalue weighted by molar-refractivity contribution is 5.85. The van der Waals surface area contributed by atoms with E-state index in [9.17, 15) is 0 Å². The second-order valence-corrected chi connectivity index (χ2v) is 4.47. The molecule has 2 N–H and O–H groups in total. The van der Waals surface area contributed by atoms with E-state index >= 15 is 0 Å². The van der Waals surface area contributed by atoms with Crippen molar-refractivity contribution < 1.29 is 0 Å². The van der Waals surface area contributed by atoms with Crippen LogP contribution in [0.15, 0.2) is 0 Å². The molecule has 11 heavy (non-hydrogen) atoms. The largest absolute Gasteiger partial charge is 0.327 e. The Morgan fingerprint density at radius 1 is 1.00 bits per heavy atom. The van der Waals surface area contributed by atoms with Crippen LogP contribution < -0.4 is 5.73 Å². The third kappa shape index (κ3) is 0.815. The van der Waals surface area contributed by atoms with Gasteiger partial charge in [0.05, 0.1) is 0 Å². The summed E-state index contributed by atoms with van der Waals surface area (Å²) in [4.78, 5) is 0. The van der Waals surface area contributed by atoms with Crippen molar-refractivity contribution in [2.24, 2.45) is 29.4 Å². The van der Waals surface area contributed by atoms with Crippen molar-refractivity contribution in [3.05, 3.63) is 0 Å². The van der Waals surface area contributed by atoms with Crippen molar-refractivity contribution in [3.63, 3.8) is 0 Å². The van der Waals surface area contributed by atoms with Gasteiger partial charge in [0.25, 0.3) is 0 Å². The van der Waals surface area contributed by atoms with Crippen molar-refractivity contribution in [2.45, 2.75) is 31.7 Å². The van der Waals surface area contributed by atoms with Gasteiger partial charge >= 0.3 is 0 Å². The molecule has 2 unspecified atom stereocenters. The van der Waals surface area contributed by atoms with Crippen LogP contribution in [0.2, 0.25) is 0 Å². The minimum absolute atomic E-state index is 0. The molecule has 2 bridgehead atoms. The van der Waals surface area contributed by atoms with E-state index in [0.717, 1.165) is 23.7 Å². The number of nitrogens with two attached hydrogens (primary N) is 1. The molecule has 0 aromatic rings. The van der Waals surface area contributed by atoms with Gasteiger partial charge < -0.3 is 5.73 Å². The molecule has 64 valence electrons. The van der Waals surface area contributed by atoms with E-state index in [0.29, 0.717) is 6.04 Å². The van der Waals surface area contributed by atoms with Crippen molar-refractivity contribution in [2.75, 3.05) is 0 Å². The van der Waals surface area contributed by atoms with E-state index in [-0.39, 0.29) is 12.4 Å². The molecule has 3 saturated carbocycles. The van der Waals surface area contributed by atoms with Crippen LogP contribution in [0.1, 0.15) is 25.7 Å². The maximum Gasteiger partial charge on any atom is 0.00754 e. The Balaban J connectivity index is 0.000000480. The van der Waals surface area contributed by atoms with Gasteiger partial charge in [0.2, 0.25) is 0 Å². The molecule has 1 nitrogen and oxygen atoms in total. The summed E-state index contributed by atoms with van der Waals surface area (Å²) in [6, 6.07) is 0.597. The minimum atomic E-state index is 0. The Labute approximate surface area is 74.1 Å². The summed E-state index contributed by atoms with van der Waals surface area (Å²) in [5.41, 5.74) is 5.95. The second kappa shape index (κ2) is 2.37. The summed E-state index contributed by atoms with van der Waals surface area (Å²) >= 11 is 0.